The van der Waals surface area contributed by atoms with E-state index in [-0.39, 0.29) is 30.0 Å². The number of ketones is 1. The standard InChI is InChI=1S/C23H27FN2O3/c1-15-19(13-22(29)25-11-9-18(27)10-12-25)23-20(3-2-4-21(23)28)26(15)14-16-5-7-17(24)8-6-16/h5-8,18,27H,2-4,9-14H2,1H3. The van der Waals surface area contributed by atoms with Gasteiger partial charge in [-0.1, -0.05) is 12.1 Å². The molecule has 0 bridgehead atoms. The largest absolute Gasteiger partial charge is 0.393 e. The monoisotopic (exact) mass is 398 g/mol. The fourth-order valence-electron chi connectivity index (χ4n) is 4.57. The van der Waals surface area contributed by atoms with Gasteiger partial charge in [0.25, 0.3) is 0 Å². The molecular formula is C23H27FN2O3. The number of likely N-dealkylation sites (tertiary alicyclic amines) is 1. The van der Waals surface area contributed by atoms with Gasteiger partial charge in [0.15, 0.2) is 5.78 Å². The van der Waals surface area contributed by atoms with Gasteiger partial charge in [0.1, 0.15) is 5.82 Å². The van der Waals surface area contributed by atoms with Crippen molar-refractivity contribution in [1.29, 1.82) is 0 Å². The third-order valence-corrected chi connectivity index (χ3v) is 6.25. The van der Waals surface area contributed by atoms with E-state index < -0.39 is 0 Å². The second kappa shape index (κ2) is 8.11. The lowest BCUT2D eigenvalue weighted by Crippen LogP contribution is -2.41. The Kier molecular flexibility index (Phi) is 5.54. The first kappa shape index (κ1) is 19.8. The maximum absolute atomic E-state index is 13.3. The summed E-state index contributed by atoms with van der Waals surface area (Å²) in [7, 11) is 0. The Hall–Kier alpha value is -2.47. The van der Waals surface area contributed by atoms with E-state index in [4.69, 9.17) is 0 Å². The molecule has 6 heteroatoms. The number of carbonyl (C=O) groups excluding carboxylic acids is 2. The van der Waals surface area contributed by atoms with Crippen molar-refractivity contribution >= 4 is 11.7 Å². The van der Waals surface area contributed by atoms with Gasteiger partial charge in [-0.2, -0.15) is 0 Å². The summed E-state index contributed by atoms with van der Waals surface area (Å²) in [4.78, 5) is 27.4. The second-order valence-corrected chi connectivity index (χ2v) is 8.16. The highest BCUT2D eigenvalue weighted by molar-refractivity contribution is 6.01. The van der Waals surface area contributed by atoms with Crippen LogP contribution in [0.2, 0.25) is 0 Å². The molecule has 29 heavy (non-hydrogen) atoms. The molecule has 1 amide bonds. The summed E-state index contributed by atoms with van der Waals surface area (Å²) in [6, 6.07) is 6.41. The van der Waals surface area contributed by atoms with Crippen LogP contribution in [0, 0.1) is 12.7 Å². The lowest BCUT2D eigenvalue weighted by molar-refractivity contribution is -0.132. The van der Waals surface area contributed by atoms with Crippen LogP contribution in [0.1, 0.15) is 58.6 Å². The number of fused-ring (bicyclic) bond motifs is 1. The van der Waals surface area contributed by atoms with Crippen LogP contribution in [0.3, 0.4) is 0 Å². The Morgan fingerprint density at radius 2 is 1.86 bits per heavy atom. The Labute approximate surface area is 170 Å². The summed E-state index contributed by atoms with van der Waals surface area (Å²) < 4.78 is 15.4. The number of benzene rings is 1. The number of hydrogen-bond donors (Lipinski definition) is 1. The van der Waals surface area contributed by atoms with Gasteiger partial charge in [-0.05, 0) is 55.9 Å². The number of halogens is 1. The van der Waals surface area contributed by atoms with Crippen LogP contribution in [-0.4, -0.2) is 45.5 Å². The number of carbonyl (C=O) groups is 2. The SMILES string of the molecule is Cc1c(CC(=O)N2CCC(O)CC2)c2c(n1Cc1ccc(F)cc1)CCCC2=O. The topological polar surface area (TPSA) is 62.5 Å². The van der Waals surface area contributed by atoms with E-state index >= 15 is 0 Å². The molecule has 4 rings (SSSR count). The maximum Gasteiger partial charge on any atom is 0.227 e. The first-order chi connectivity index (χ1) is 13.9. The Morgan fingerprint density at radius 1 is 1.17 bits per heavy atom. The number of rotatable bonds is 4. The molecule has 0 saturated carbocycles. The van der Waals surface area contributed by atoms with Crippen LogP contribution in [0.4, 0.5) is 4.39 Å². The zero-order valence-electron chi connectivity index (χ0n) is 16.8. The van der Waals surface area contributed by atoms with Crippen LogP contribution in [0.5, 0.6) is 0 Å². The third kappa shape index (κ3) is 3.99. The van der Waals surface area contributed by atoms with Crippen LogP contribution in [-0.2, 0) is 24.2 Å². The minimum Gasteiger partial charge on any atom is -0.393 e. The summed E-state index contributed by atoms with van der Waals surface area (Å²) in [6.45, 7) is 3.65. The summed E-state index contributed by atoms with van der Waals surface area (Å²) in [5.41, 5.74) is 4.47. The summed E-state index contributed by atoms with van der Waals surface area (Å²) >= 11 is 0. The molecule has 1 aromatic carbocycles. The van der Waals surface area contributed by atoms with Crippen molar-refractivity contribution in [2.45, 2.75) is 58.1 Å². The molecule has 5 nitrogen and oxygen atoms in total. The van der Waals surface area contributed by atoms with Gasteiger partial charge in [0, 0.05) is 43.0 Å². The zero-order valence-corrected chi connectivity index (χ0v) is 16.8. The zero-order chi connectivity index (χ0) is 20.5. The van der Waals surface area contributed by atoms with Crippen molar-refractivity contribution < 1.29 is 19.1 Å². The van der Waals surface area contributed by atoms with E-state index in [0.717, 1.165) is 40.9 Å². The number of amides is 1. The molecular weight excluding hydrogens is 371 g/mol. The normalized spacial score (nSPS) is 17.5. The summed E-state index contributed by atoms with van der Waals surface area (Å²) in [5.74, 6) is -0.141. The Morgan fingerprint density at radius 3 is 2.55 bits per heavy atom. The van der Waals surface area contributed by atoms with Crippen molar-refractivity contribution in [1.82, 2.24) is 9.47 Å². The molecule has 2 aliphatic rings. The van der Waals surface area contributed by atoms with E-state index in [9.17, 15) is 19.1 Å². The van der Waals surface area contributed by atoms with E-state index in [1.54, 1.807) is 17.0 Å². The molecule has 1 aromatic heterocycles. The third-order valence-electron chi connectivity index (χ3n) is 6.25. The Bertz CT molecular complexity index is 925. The second-order valence-electron chi connectivity index (χ2n) is 8.16. The molecule has 0 unspecified atom stereocenters. The molecule has 0 radical (unpaired) electrons. The number of aliphatic hydroxyl groups excluding tert-OH is 1. The maximum atomic E-state index is 13.3. The highest BCUT2D eigenvalue weighted by Gasteiger charge is 2.30. The molecule has 2 heterocycles. The van der Waals surface area contributed by atoms with Crippen LogP contribution in [0.25, 0.3) is 0 Å². The number of aromatic nitrogens is 1. The van der Waals surface area contributed by atoms with Gasteiger partial charge >= 0.3 is 0 Å². The van der Waals surface area contributed by atoms with Crippen molar-refractivity contribution in [3.05, 3.63) is 58.2 Å². The lowest BCUT2D eigenvalue weighted by atomic mass is 9.91. The first-order valence-corrected chi connectivity index (χ1v) is 10.4. The minimum absolute atomic E-state index is 0.0140. The van der Waals surface area contributed by atoms with Gasteiger partial charge in [-0.3, -0.25) is 9.59 Å². The number of piperidine rings is 1. The quantitative estimate of drug-likeness (QED) is 0.861. The van der Waals surface area contributed by atoms with Crippen molar-refractivity contribution in [3.8, 4) is 0 Å². The molecule has 1 aliphatic carbocycles. The van der Waals surface area contributed by atoms with Gasteiger partial charge in [-0.25, -0.2) is 4.39 Å². The average Bonchev–Trinajstić information content (AvgIpc) is 2.97. The van der Waals surface area contributed by atoms with Crippen LogP contribution < -0.4 is 0 Å². The van der Waals surface area contributed by atoms with Gasteiger partial charge in [0.2, 0.25) is 5.91 Å². The molecule has 1 saturated heterocycles. The van der Waals surface area contributed by atoms with Gasteiger partial charge in [0.05, 0.1) is 12.5 Å². The van der Waals surface area contributed by atoms with E-state index in [1.807, 2.05) is 6.92 Å². The molecule has 0 spiro atoms. The minimum atomic E-state index is -0.327. The van der Waals surface area contributed by atoms with E-state index in [0.29, 0.717) is 38.9 Å². The molecule has 0 atom stereocenters. The van der Waals surface area contributed by atoms with Crippen molar-refractivity contribution in [2.75, 3.05) is 13.1 Å². The molecule has 2 aromatic rings. The van der Waals surface area contributed by atoms with Crippen molar-refractivity contribution in [3.63, 3.8) is 0 Å². The number of nitrogens with zero attached hydrogens (tertiary/aromatic N) is 2. The number of hydrogen-bond acceptors (Lipinski definition) is 3. The van der Waals surface area contributed by atoms with E-state index in [1.165, 1.54) is 12.1 Å². The fourth-order valence-corrected chi connectivity index (χ4v) is 4.57. The van der Waals surface area contributed by atoms with Crippen molar-refractivity contribution in [2.24, 2.45) is 0 Å². The van der Waals surface area contributed by atoms with Gasteiger partial charge in [-0.15, -0.1) is 0 Å². The lowest BCUT2D eigenvalue weighted by Gasteiger charge is -2.29. The molecule has 1 fully saturated rings. The summed E-state index contributed by atoms with van der Waals surface area (Å²) in [5, 5.41) is 9.69. The summed E-state index contributed by atoms with van der Waals surface area (Å²) in [6.07, 6.45) is 3.24. The number of aliphatic hydroxyl groups is 1. The smallest absolute Gasteiger partial charge is 0.227 e. The predicted molar refractivity (Wildman–Crippen MR) is 107 cm³/mol. The van der Waals surface area contributed by atoms with E-state index in [2.05, 4.69) is 4.57 Å². The molecule has 154 valence electrons. The highest BCUT2D eigenvalue weighted by Crippen LogP contribution is 2.31. The van der Waals surface area contributed by atoms with Gasteiger partial charge < -0.3 is 14.6 Å². The highest BCUT2D eigenvalue weighted by atomic mass is 19.1. The number of Topliss-reactive ketones (excluding diaryl/α,β-unsaturated/α-hetero) is 1. The Balaban J connectivity index is 1.64. The molecule has 1 aliphatic heterocycles. The van der Waals surface area contributed by atoms with Crippen LogP contribution >= 0.6 is 0 Å². The molecule has 1 N–H and O–H groups in total. The predicted octanol–water partition coefficient (Wildman–Crippen LogP) is 3.03. The average molecular weight is 398 g/mol. The fraction of sp³-hybridized carbons (Fsp3) is 0.478. The van der Waals surface area contributed by atoms with Crippen LogP contribution in [0.15, 0.2) is 24.3 Å². The first-order valence-electron chi connectivity index (χ1n) is 10.4.